The Labute approximate surface area is 110 Å². The van der Waals surface area contributed by atoms with Gasteiger partial charge in [0.2, 0.25) is 0 Å². The first-order chi connectivity index (χ1) is 3.85. The second kappa shape index (κ2) is 5.49. The van der Waals surface area contributed by atoms with Gasteiger partial charge in [-0.2, -0.15) is 17.1 Å². The van der Waals surface area contributed by atoms with Gasteiger partial charge in [0.05, 0.1) is 0 Å². The molecule has 0 aliphatic heterocycles. The molecule has 0 saturated heterocycles. The molecule has 0 aliphatic rings. The van der Waals surface area contributed by atoms with Crippen LogP contribution in [-0.2, 0) is 0 Å². The number of hydrogen-bond acceptors (Lipinski definition) is 0. The Morgan fingerprint density at radius 2 is 1.40 bits per heavy atom. The Morgan fingerprint density at radius 1 is 1.10 bits per heavy atom. The summed E-state index contributed by atoms with van der Waals surface area (Å²) in [6, 6.07) is 0. The van der Waals surface area contributed by atoms with Gasteiger partial charge in [0.15, 0.2) is 0 Å². The summed E-state index contributed by atoms with van der Waals surface area (Å²) in [7, 11) is -0.122. The summed E-state index contributed by atoms with van der Waals surface area (Å²) < 4.78 is 0. The molecular weight excluding hydrogens is 163 g/mol. The fourth-order valence-electron chi connectivity index (χ4n) is 0.866. The van der Waals surface area contributed by atoms with Gasteiger partial charge in [-0.1, -0.05) is 34.6 Å². The van der Waals surface area contributed by atoms with Crippen molar-refractivity contribution in [1.29, 1.82) is 0 Å². The molecule has 0 radical (unpaired) electrons. The van der Waals surface area contributed by atoms with E-state index in [1.54, 1.807) is 0 Å². The summed E-state index contributed by atoms with van der Waals surface area (Å²) in [5, 5.41) is 0.582. The third-order valence-electron chi connectivity index (χ3n) is 2.05. The number of rotatable bonds is 1. The monoisotopic (exact) mass is 182 g/mol. The van der Waals surface area contributed by atoms with Crippen molar-refractivity contribution in [2.75, 3.05) is 0 Å². The quantitative estimate of drug-likeness (QED) is 0.513. The Morgan fingerprint density at radius 3 is 1.40 bits per heavy atom. The molecule has 0 atom stereocenters. The molecule has 2 heteroatoms. The van der Waals surface area contributed by atoms with Gasteiger partial charge in [-0.3, -0.25) is 8.80 Å². The molecule has 0 rings (SSSR count). The van der Waals surface area contributed by atoms with E-state index in [4.69, 9.17) is 0 Å². The van der Waals surface area contributed by atoms with Gasteiger partial charge in [-0.05, 0) is 0 Å². The first-order valence-electron chi connectivity index (χ1n) is 3.69. The van der Waals surface area contributed by atoms with Crippen LogP contribution < -0.4 is 51.4 Å². The van der Waals surface area contributed by atoms with Crippen LogP contribution in [0.1, 0.15) is 34.6 Å². The second-order valence-corrected chi connectivity index (χ2v) is 8.11. The van der Waals surface area contributed by atoms with Gasteiger partial charge in [0, 0.05) is 0 Å². The first-order valence-corrected chi connectivity index (χ1v) is 5.77. The molecular formula is C8H19KSi. The second-order valence-electron chi connectivity index (χ2n) is 4.09. The van der Waals surface area contributed by atoms with E-state index in [1.807, 2.05) is 0 Å². The summed E-state index contributed by atoms with van der Waals surface area (Å²) in [6.45, 7) is 14.1. The molecule has 0 aromatic heterocycles. The van der Waals surface area contributed by atoms with Crippen LogP contribution in [-0.4, -0.2) is 8.80 Å². The van der Waals surface area contributed by atoms with Gasteiger partial charge in [0.25, 0.3) is 0 Å². The maximum Gasteiger partial charge on any atom is 1.00 e. The van der Waals surface area contributed by atoms with E-state index >= 15 is 0 Å². The van der Waals surface area contributed by atoms with Crippen molar-refractivity contribution in [3.05, 3.63) is 0 Å². The van der Waals surface area contributed by atoms with Crippen LogP contribution in [0.5, 0.6) is 0 Å². The molecule has 0 nitrogen and oxygen atoms in total. The standard InChI is InChI=1S/C8H19Si.K/c1-7(2)9(6)8(3,4)5;/h7H,1-6H3;/q-1;+1. The van der Waals surface area contributed by atoms with E-state index in [0.717, 1.165) is 5.54 Å². The van der Waals surface area contributed by atoms with Crippen LogP contribution in [0.15, 0.2) is 0 Å². The topological polar surface area (TPSA) is 0 Å². The van der Waals surface area contributed by atoms with Crippen LogP contribution in [0.3, 0.4) is 0 Å². The Hall–Kier alpha value is 1.85. The molecule has 56 valence electrons. The predicted octanol–water partition coefficient (Wildman–Crippen LogP) is 0.325. The molecule has 0 aliphatic carbocycles. The minimum absolute atomic E-state index is 0. The van der Waals surface area contributed by atoms with E-state index in [-0.39, 0.29) is 60.2 Å². The van der Waals surface area contributed by atoms with Crippen molar-refractivity contribution in [3.8, 4) is 0 Å². The van der Waals surface area contributed by atoms with E-state index in [2.05, 4.69) is 41.2 Å². The molecule has 0 bridgehead atoms. The Bertz CT molecular complexity index is 83.7. The van der Waals surface area contributed by atoms with Gasteiger partial charge in [-0.15, -0.1) is 0 Å². The van der Waals surface area contributed by atoms with Gasteiger partial charge in [0.1, 0.15) is 0 Å². The number of hydrogen-bond donors (Lipinski definition) is 0. The van der Waals surface area contributed by atoms with E-state index in [1.165, 1.54) is 0 Å². The molecule has 0 fully saturated rings. The van der Waals surface area contributed by atoms with Crippen LogP contribution in [0, 0.1) is 0 Å². The third kappa shape index (κ3) is 5.50. The van der Waals surface area contributed by atoms with Gasteiger partial charge < -0.3 is 0 Å². The average molecular weight is 182 g/mol. The van der Waals surface area contributed by atoms with E-state index in [0.29, 0.717) is 5.04 Å². The van der Waals surface area contributed by atoms with Crippen molar-refractivity contribution >= 4 is 8.80 Å². The molecule has 0 saturated carbocycles. The fourth-order valence-corrected chi connectivity index (χ4v) is 2.60. The summed E-state index contributed by atoms with van der Waals surface area (Å²) in [4.78, 5) is 0. The van der Waals surface area contributed by atoms with E-state index in [9.17, 15) is 0 Å². The summed E-state index contributed by atoms with van der Waals surface area (Å²) in [5.74, 6) is 0. The largest absolute Gasteiger partial charge is 1.00 e. The van der Waals surface area contributed by atoms with Crippen LogP contribution in [0.2, 0.25) is 17.1 Å². The minimum atomic E-state index is -0.122. The zero-order chi connectivity index (χ0) is 7.65. The van der Waals surface area contributed by atoms with Crippen molar-refractivity contribution in [1.82, 2.24) is 0 Å². The van der Waals surface area contributed by atoms with Crippen molar-refractivity contribution in [3.63, 3.8) is 0 Å². The van der Waals surface area contributed by atoms with E-state index < -0.39 is 0 Å². The molecule has 0 spiro atoms. The maximum absolute atomic E-state index is 2.43. The average Bonchev–Trinajstić information content (AvgIpc) is 1.62. The molecule has 0 aromatic rings. The van der Waals surface area contributed by atoms with Gasteiger partial charge >= 0.3 is 51.4 Å². The fraction of sp³-hybridized carbons (Fsp3) is 1.00. The maximum atomic E-state index is 2.43. The Kier molecular flexibility index (Phi) is 7.90. The van der Waals surface area contributed by atoms with Crippen LogP contribution in [0.4, 0.5) is 0 Å². The summed E-state index contributed by atoms with van der Waals surface area (Å²) in [5.41, 5.74) is 0.912. The zero-order valence-corrected chi connectivity index (χ0v) is 12.7. The first kappa shape index (κ1) is 14.4. The summed E-state index contributed by atoms with van der Waals surface area (Å²) >= 11 is 0. The summed E-state index contributed by atoms with van der Waals surface area (Å²) in [6.07, 6.45) is 0. The molecule has 0 heterocycles. The smallest absolute Gasteiger partial charge is 0.253 e. The van der Waals surface area contributed by atoms with Crippen molar-refractivity contribution < 1.29 is 51.4 Å². The molecule has 0 aromatic carbocycles. The molecule has 0 amide bonds. The third-order valence-corrected chi connectivity index (χ3v) is 6.15. The molecule has 0 unspecified atom stereocenters. The van der Waals surface area contributed by atoms with Crippen LogP contribution >= 0.6 is 0 Å². The molecule has 10 heavy (non-hydrogen) atoms. The Balaban J connectivity index is 0. The van der Waals surface area contributed by atoms with Gasteiger partial charge in [-0.25, -0.2) is 0 Å². The molecule has 0 N–H and O–H groups in total. The zero-order valence-electron chi connectivity index (χ0n) is 8.58. The van der Waals surface area contributed by atoms with Crippen molar-refractivity contribution in [2.24, 2.45) is 0 Å². The SMILES string of the molecule is CC(C)[Si-](C)C(C)(C)C.[K+]. The normalized spacial score (nSPS) is 12.0. The van der Waals surface area contributed by atoms with Crippen LogP contribution in [0.25, 0.3) is 0 Å². The van der Waals surface area contributed by atoms with Crippen molar-refractivity contribution in [2.45, 2.75) is 51.7 Å². The minimum Gasteiger partial charge on any atom is -0.253 e. The predicted molar refractivity (Wildman–Crippen MR) is 46.4 cm³/mol.